The van der Waals surface area contributed by atoms with Gasteiger partial charge in [0.25, 0.3) is 5.91 Å². The number of nitrogens with one attached hydrogen (secondary N) is 1. The van der Waals surface area contributed by atoms with Gasteiger partial charge >= 0.3 is 0 Å². The fourth-order valence-corrected chi connectivity index (χ4v) is 7.78. The monoisotopic (exact) mass is 513 g/mol. The van der Waals surface area contributed by atoms with Gasteiger partial charge in [0.05, 0.1) is 18.9 Å². The summed E-state index contributed by atoms with van der Waals surface area (Å²) in [5.74, 6) is 0.405. The van der Waals surface area contributed by atoms with Gasteiger partial charge in [0.1, 0.15) is 5.75 Å². The zero-order chi connectivity index (χ0) is 26.2. The first kappa shape index (κ1) is 26.6. The number of aliphatic hydroxyl groups is 1. The number of thiazole rings is 1. The first-order valence-corrected chi connectivity index (χ1v) is 13.9. The normalized spacial score (nSPS) is 28.0. The Morgan fingerprint density at radius 3 is 2.56 bits per heavy atom. The van der Waals surface area contributed by atoms with Gasteiger partial charge in [-0.05, 0) is 74.6 Å². The molecule has 0 spiro atoms. The van der Waals surface area contributed by atoms with E-state index in [0.29, 0.717) is 29.5 Å². The Kier molecular flexibility index (Phi) is 7.76. The Hall–Kier alpha value is -2.45. The minimum absolute atomic E-state index is 0.0166. The number of anilines is 1. The first-order chi connectivity index (χ1) is 17.1. The summed E-state index contributed by atoms with van der Waals surface area (Å²) in [5, 5.41) is 15.2. The molecular formula is C28H39N3O4S. The van der Waals surface area contributed by atoms with Crippen LogP contribution in [0.3, 0.4) is 0 Å². The second-order valence-corrected chi connectivity index (χ2v) is 11.7. The molecule has 1 fully saturated rings. The molecule has 2 aliphatic carbocycles. The topological polar surface area (TPSA) is 91.8 Å². The summed E-state index contributed by atoms with van der Waals surface area (Å²) in [6.07, 6.45) is 2.06. The lowest BCUT2D eigenvalue weighted by molar-refractivity contribution is -0.144. The van der Waals surface area contributed by atoms with Gasteiger partial charge in [0.15, 0.2) is 5.13 Å². The van der Waals surface area contributed by atoms with Crippen molar-refractivity contribution in [1.29, 1.82) is 0 Å². The van der Waals surface area contributed by atoms with E-state index in [4.69, 9.17) is 9.72 Å². The summed E-state index contributed by atoms with van der Waals surface area (Å²) < 4.78 is 5.17. The molecule has 1 saturated carbocycles. The Labute approximate surface area is 218 Å². The van der Waals surface area contributed by atoms with Crippen molar-refractivity contribution in [3.05, 3.63) is 40.4 Å². The van der Waals surface area contributed by atoms with Crippen molar-refractivity contribution in [1.82, 2.24) is 9.88 Å². The lowest BCUT2D eigenvalue weighted by atomic mass is 9.53. The van der Waals surface area contributed by atoms with Gasteiger partial charge < -0.3 is 14.7 Å². The van der Waals surface area contributed by atoms with Crippen LogP contribution < -0.4 is 10.1 Å². The van der Waals surface area contributed by atoms with Crippen molar-refractivity contribution in [3.8, 4) is 5.75 Å². The predicted molar refractivity (Wildman–Crippen MR) is 143 cm³/mol. The standard InChI is InChI=1S/C28H39N3O4S/c1-7-31(8-2)26(34)16(3)20-13-14-28(5)15-21-23(17(4)22(28)24(20)32)29-27(36-21)30-25(33)18-9-11-19(35-6)12-10-18/h9-12,16-17,20,22,24,32H,7-8,13-15H2,1-6H3,(H,29,30,33)/t16-,17-,20+,22+,24-,28-/m0/s1. The number of hydrogen-bond donors (Lipinski definition) is 2. The van der Waals surface area contributed by atoms with Crippen LogP contribution in [0.2, 0.25) is 0 Å². The molecule has 0 aliphatic heterocycles. The van der Waals surface area contributed by atoms with E-state index in [2.05, 4.69) is 19.2 Å². The second-order valence-electron chi connectivity index (χ2n) is 10.6. The van der Waals surface area contributed by atoms with Gasteiger partial charge in [-0.2, -0.15) is 0 Å². The number of benzene rings is 1. The van der Waals surface area contributed by atoms with Crippen LogP contribution in [-0.2, 0) is 11.2 Å². The van der Waals surface area contributed by atoms with Gasteiger partial charge in [0, 0.05) is 35.4 Å². The predicted octanol–water partition coefficient (Wildman–Crippen LogP) is 4.96. The minimum atomic E-state index is -0.569. The molecule has 4 rings (SSSR count). The van der Waals surface area contributed by atoms with Gasteiger partial charge in [-0.1, -0.05) is 20.8 Å². The summed E-state index contributed by atoms with van der Waals surface area (Å²) in [4.78, 5) is 33.8. The van der Waals surface area contributed by atoms with Crippen molar-refractivity contribution in [2.45, 2.75) is 65.9 Å². The molecule has 1 aromatic carbocycles. The number of methoxy groups -OCH3 is 1. The Bertz CT molecular complexity index is 1100. The number of aliphatic hydroxyl groups excluding tert-OH is 1. The Morgan fingerprint density at radius 1 is 1.28 bits per heavy atom. The van der Waals surface area contributed by atoms with Crippen LogP contribution in [0, 0.1) is 23.2 Å². The molecule has 0 radical (unpaired) electrons. The van der Waals surface area contributed by atoms with E-state index < -0.39 is 6.10 Å². The van der Waals surface area contributed by atoms with Crippen molar-refractivity contribution >= 4 is 28.3 Å². The van der Waals surface area contributed by atoms with E-state index in [1.165, 1.54) is 16.2 Å². The number of nitrogens with zero attached hydrogens (tertiary/aromatic N) is 2. The summed E-state index contributed by atoms with van der Waals surface area (Å²) in [6.45, 7) is 11.8. The third-order valence-corrected chi connectivity index (χ3v) is 9.59. The van der Waals surface area contributed by atoms with Crippen LogP contribution in [0.4, 0.5) is 5.13 Å². The molecule has 36 heavy (non-hydrogen) atoms. The third-order valence-electron chi connectivity index (χ3n) is 8.60. The zero-order valence-electron chi connectivity index (χ0n) is 22.2. The molecule has 0 saturated heterocycles. The maximum atomic E-state index is 13.1. The summed E-state index contributed by atoms with van der Waals surface area (Å²) in [6, 6.07) is 6.99. The van der Waals surface area contributed by atoms with E-state index in [1.807, 2.05) is 25.7 Å². The molecule has 196 valence electrons. The average molecular weight is 514 g/mol. The maximum absolute atomic E-state index is 13.1. The van der Waals surface area contributed by atoms with Crippen molar-refractivity contribution in [3.63, 3.8) is 0 Å². The van der Waals surface area contributed by atoms with E-state index in [1.54, 1.807) is 31.4 Å². The molecule has 8 heteroatoms. The van der Waals surface area contributed by atoms with E-state index >= 15 is 0 Å². The highest BCUT2D eigenvalue weighted by Crippen LogP contribution is 2.57. The van der Waals surface area contributed by atoms with Crippen molar-refractivity contribution in [2.24, 2.45) is 23.2 Å². The van der Waals surface area contributed by atoms with Crippen LogP contribution in [0.15, 0.2) is 24.3 Å². The number of carbonyl (C=O) groups excluding carboxylic acids is 2. The quantitative estimate of drug-likeness (QED) is 0.546. The highest BCUT2D eigenvalue weighted by Gasteiger charge is 2.54. The van der Waals surface area contributed by atoms with E-state index in [-0.39, 0.29) is 40.9 Å². The van der Waals surface area contributed by atoms with Crippen LogP contribution in [0.25, 0.3) is 0 Å². The lowest BCUT2D eigenvalue weighted by Crippen LogP contribution is -2.53. The molecule has 2 aromatic rings. The van der Waals surface area contributed by atoms with Gasteiger partial charge in [-0.25, -0.2) is 4.98 Å². The van der Waals surface area contributed by atoms with Crippen molar-refractivity contribution < 1.29 is 19.4 Å². The van der Waals surface area contributed by atoms with E-state index in [0.717, 1.165) is 25.0 Å². The summed E-state index contributed by atoms with van der Waals surface area (Å²) in [7, 11) is 1.59. The molecule has 1 aromatic heterocycles. The van der Waals surface area contributed by atoms with Crippen LogP contribution in [-0.4, -0.2) is 53.1 Å². The van der Waals surface area contributed by atoms with Crippen LogP contribution >= 0.6 is 11.3 Å². The van der Waals surface area contributed by atoms with Gasteiger partial charge in [-0.3, -0.25) is 14.9 Å². The third kappa shape index (κ3) is 4.77. The number of fused-ring (bicyclic) bond motifs is 2. The fraction of sp³-hybridized carbons (Fsp3) is 0.607. The molecule has 0 unspecified atom stereocenters. The molecule has 1 heterocycles. The molecule has 2 aliphatic rings. The molecule has 7 nitrogen and oxygen atoms in total. The number of hydrogen-bond acceptors (Lipinski definition) is 6. The zero-order valence-corrected chi connectivity index (χ0v) is 23.0. The van der Waals surface area contributed by atoms with Crippen molar-refractivity contribution in [2.75, 3.05) is 25.5 Å². The molecule has 2 N–H and O–H groups in total. The maximum Gasteiger partial charge on any atom is 0.257 e. The summed E-state index contributed by atoms with van der Waals surface area (Å²) >= 11 is 1.54. The highest BCUT2D eigenvalue weighted by molar-refractivity contribution is 7.15. The van der Waals surface area contributed by atoms with Crippen LogP contribution in [0.5, 0.6) is 5.75 Å². The largest absolute Gasteiger partial charge is 0.497 e. The molecule has 0 bridgehead atoms. The fourth-order valence-electron chi connectivity index (χ4n) is 6.52. The molecule has 2 amide bonds. The number of amides is 2. The van der Waals surface area contributed by atoms with Gasteiger partial charge in [-0.15, -0.1) is 11.3 Å². The smallest absolute Gasteiger partial charge is 0.257 e. The Balaban J connectivity index is 1.53. The minimum Gasteiger partial charge on any atom is -0.497 e. The van der Waals surface area contributed by atoms with Crippen LogP contribution in [0.1, 0.15) is 74.3 Å². The summed E-state index contributed by atoms with van der Waals surface area (Å²) in [5.41, 5.74) is 1.45. The first-order valence-electron chi connectivity index (χ1n) is 13.0. The lowest BCUT2D eigenvalue weighted by Gasteiger charge is -2.53. The number of carbonyl (C=O) groups is 2. The Morgan fingerprint density at radius 2 is 1.94 bits per heavy atom. The van der Waals surface area contributed by atoms with Gasteiger partial charge in [0.2, 0.25) is 5.91 Å². The number of aromatic nitrogens is 1. The average Bonchev–Trinajstić information content (AvgIpc) is 3.26. The second kappa shape index (κ2) is 10.5. The highest BCUT2D eigenvalue weighted by atomic mass is 32.1. The molecule has 6 atom stereocenters. The molecular weight excluding hydrogens is 474 g/mol. The number of ether oxygens (including phenoxy) is 1. The number of rotatable bonds is 7. The SMILES string of the molecule is CCN(CC)C(=O)[C@@H](C)[C@H]1CC[C@@]2(C)Cc3sc(NC(=O)c4ccc(OC)cc4)nc3[C@@H](C)[C@@H]2[C@H]1O. The van der Waals surface area contributed by atoms with E-state index in [9.17, 15) is 14.7 Å².